The zero-order valence-corrected chi connectivity index (χ0v) is 14.8. The third-order valence-electron chi connectivity index (χ3n) is 3.29. The summed E-state index contributed by atoms with van der Waals surface area (Å²) in [5, 5.41) is 11.2. The van der Waals surface area contributed by atoms with Gasteiger partial charge < -0.3 is 9.47 Å². The normalized spacial score (nSPS) is 10.8. The second-order valence-electron chi connectivity index (χ2n) is 5.27. The fourth-order valence-corrected chi connectivity index (χ4v) is 2.31. The molecule has 1 N–H and O–H groups in total. The first kappa shape index (κ1) is 17.6. The fourth-order valence-electron chi connectivity index (χ4n) is 2.11. The molecule has 1 heterocycles. The monoisotopic (exact) mass is 368 g/mol. The van der Waals surface area contributed by atoms with Crippen LogP contribution in [0.4, 0.5) is 0 Å². The fraction of sp³-hybridized carbons (Fsp3) is 0.111. The molecule has 3 aromatic rings. The summed E-state index contributed by atoms with van der Waals surface area (Å²) >= 11 is 5.21. The maximum atomic E-state index is 10.9. The van der Waals surface area contributed by atoms with Gasteiger partial charge in [0.25, 0.3) is 0 Å². The Hall–Kier alpha value is -3.26. The van der Waals surface area contributed by atoms with Gasteiger partial charge in [-0.2, -0.15) is 14.9 Å². The maximum absolute atomic E-state index is 10.9. The maximum Gasteiger partial charge on any atom is 0.308 e. The van der Waals surface area contributed by atoms with Crippen LogP contribution < -0.4 is 9.47 Å². The SMILES string of the molecule is CC(=O)Oc1ccc(/C=N\n2c(COc3ccccc3)n[nH]c2=S)cc1. The van der Waals surface area contributed by atoms with Crippen molar-refractivity contribution in [3.05, 3.63) is 70.8 Å². The molecule has 0 saturated carbocycles. The highest BCUT2D eigenvalue weighted by Gasteiger charge is 2.06. The van der Waals surface area contributed by atoms with Gasteiger partial charge in [0.05, 0.1) is 6.21 Å². The van der Waals surface area contributed by atoms with Crippen molar-refractivity contribution in [3.63, 3.8) is 0 Å². The molecule has 132 valence electrons. The summed E-state index contributed by atoms with van der Waals surface area (Å²) in [5.41, 5.74) is 0.818. The second-order valence-corrected chi connectivity index (χ2v) is 5.65. The van der Waals surface area contributed by atoms with E-state index < -0.39 is 0 Å². The molecule has 0 unspecified atom stereocenters. The second kappa shape index (κ2) is 8.21. The number of carbonyl (C=O) groups excluding carboxylic acids is 1. The lowest BCUT2D eigenvalue weighted by Crippen LogP contribution is -2.04. The first-order chi connectivity index (χ1) is 12.6. The molecule has 7 nitrogen and oxygen atoms in total. The third kappa shape index (κ3) is 4.64. The molecule has 26 heavy (non-hydrogen) atoms. The van der Waals surface area contributed by atoms with Gasteiger partial charge in [0.2, 0.25) is 4.77 Å². The summed E-state index contributed by atoms with van der Waals surface area (Å²) in [6, 6.07) is 16.4. The van der Waals surface area contributed by atoms with Crippen molar-refractivity contribution in [1.82, 2.24) is 14.9 Å². The van der Waals surface area contributed by atoms with Crippen LogP contribution in [-0.2, 0) is 11.4 Å². The van der Waals surface area contributed by atoms with Crippen molar-refractivity contribution < 1.29 is 14.3 Å². The van der Waals surface area contributed by atoms with E-state index >= 15 is 0 Å². The molecule has 0 atom stereocenters. The van der Waals surface area contributed by atoms with E-state index in [9.17, 15) is 4.79 Å². The van der Waals surface area contributed by atoms with Gasteiger partial charge in [-0.25, -0.2) is 5.10 Å². The zero-order chi connectivity index (χ0) is 18.4. The van der Waals surface area contributed by atoms with Crippen LogP contribution in [-0.4, -0.2) is 27.1 Å². The number of nitrogens with zero attached hydrogens (tertiary/aromatic N) is 3. The van der Waals surface area contributed by atoms with Crippen molar-refractivity contribution >= 4 is 24.4 Å². The summed E-state index contributed by atoms with van der Waals surface area (Å²) in [5.74, 6) is 1.40. The predicted molar refractivity (Wildman–Crippen MR) is 98.9 cm³/mol. The largest absolute Gasteiger partial charge is 0.486 e. The highest BCUT2D eigenvalue weighted by molar-refractivity contribution is 7.71. The molecular formula is C18H16N4O3S. The number of hydrogen-bond donors (Lipinski definition) is 1. The molecule has 3 rings (SSSR count). The molecule has 0 bridgehead atoms. The first-order valence-electron chi connectivity index (χ1n) is 7.79. The van der Waals surface area contributed by atoms with Gasteiger partial charge in [0.15, 0.2) is 5.82 Å². The highest BCUT2D eigenvalue weighted by atomic mass is 32.1. The lowest BCUT2D eigenvalue weighted by atomic mass is 10.2. The highest BCUT2D eigenvalue weighted by Crippen LogP contribution is 2.12. The van der Waals surface area contributed by atoms with Crippen LogP contribution >= 0.6 is 12.2 Å². The number of para-hydroxylation sites is 1. The number of esters is 1. The van der Waals surface area contributed by atoms with Crippen LogP contribution in [0.2, 0.25) is 0 Å². The van der Waals surface area contributed by atoms with Crippen molar-refractivity contribution in [3.8, 4) is 11.5 Å². The summed E-state index contributed by atoms with van der Waals surface area (Å²) in [6.07, 6.45) is 1.63. The number of benzene rings is 2. The topological polar surface area (TPSA) is 81.5 Å². The smallest absolute Gasteiger partial charge is 0.308 e. The van der Waals surface area contributed by atoms with E-state index in [-0.39, 0.29) is 12.6 Å². The zero-order valence-electron chi connectivity index (χ0n) is 14.0. The number of nitrogens with one attached hydrogen (secondary N) is 1. The Labute approximate surface area is 154 Å². The Morgan fingerprint density at radius 1 is 1.19 bits per heavy atom. The minimum Gasteiger partial charge on any atom is -0.486 e. The minimum absolute atomic E-state index is 0.222. The van der Waals surface area contributed by atoms with Gasteiger partial charge in [-0.3, -0.25) is 4.79 Å². The van der Waals surface area contributed by atoms with Gasteiger partial charge >= 0.3 is 5.97 Å². The first-order valence-corrected chi connectivity index (χ1v) is 8.19. The molecular weight excluding hydrogens is 352 g/mol. The molecule has 0 aliphatic heterocycles. The number of rotatable bonds is 6. The molecule has 2 aromatic carbocycles. The summed E-state index contributed by atoms with van der Waals surface area (Å²) < 4.78 is 12.5. The van der Waals surface area contributed by atoms with Crippen molar-refractivity contribution in [2.24, 2.45) is 5.10 Å². The number of carbonyl (C=O) groups is 1. The molecule has 8 heteroatoms. The molecule has 0 fully saturated rings. The average molecular weight is 368 g/mol. The third-order valence-corrected chi connectivity index (χ3v) is 3.56. The van der Waals surface area contributed by atoms with Crippen LogP contribution in [0.25, 0.3) is 0 Å². The Morgan fingerprint density at radius 3 is 2.62 bits per heavy atom. The molecule has 0 saturated heterocycles. The van der Waals surface area contributed by atoms with Crippen molar-refractivity contribution in [2.45, 2.75) is 13.5 Å². The van der Waals surface area contributed by atoms with Crippen molar-refractivity contribution in [1.29, 1.82) is 0 Å². The van der Waals surface area contributed by atoms with Crippen LogP contribution in [0.15, 0.2) is 59.7 Å². The Kier molecular flexibility index (Phi) is 5.55. The summed E-state index contributed by atoms with van der Waals surface area (Å²) in [7, 11) is 0. The lowest BCUT2D eigenvalue weighted by Gasteiger charge is -2.05. The number of aromatic amines is 1. The quantitative estimate of drug-likeness (QED) is 0.312. The van der Waals surface area contributed by atoms with Gasteiger partial charge in [-0.05, 0) is 54.2 Å². The van der Waals surface area contributed by atoms with Crippen LogP contribution in [0.3, 0.4) is 0 Å². The van der Waals surface area contributed by atoms with Crippen LogP contribution in [0.5, 0.6) is 11.5 Å². The van der Waals surface area contributed by atoms with E-state index in [1.165, 1.54) is 11.6 Å². The lowest BCUT2D eigenvalue weighted by molar-refractivity contribution is -0.131. The molecule has 0 aliphatic rings. The summed E-state index contributed by atoms with van der Waals surface area (Å²) in [4.78, 5) is 10.9. The molecule has 1 aromatic heterocycles. The molecule has 0 radical (unpaired) electrons. The number of aromatic nitrogens is 3. The molecule has 0 amide bonds. The number of ether oxygens (including phenoxy) is 2. The van der Waals surface area contributed by atoms with E-state index in [1.807, 2.05) is 30.3 Å². The van der Waals surface area contributed by atoms with Gasteiger partial charge in [0.1, 0.15) is 18.1 Å². The standard InChI is InChI=1S/C18H16N4O3S/c1-13(23)25-16-9-7-14(8-10-16)11-19-22-17(20-21-18(22)26)12-24-15-5-3-2-4-6-15/h2-11H,12H2,1H3,(H,21,26)/b19-11-. The Bertz CT molecular complexity index is 962. The van der Waals surface area contributed by atoms with E-state index in [2.05, 4.69) is 15.3 Å². The van der Waals surface area contributed by atoms with Gasteiger partial charge in [-0.15, -0.1) is 0 Å². The van der Waals surface area contributed by atoms with E-state index in [0.29, 0.717) is 16.3 Å². The van der Waals surface area contributed by atoms with Gasteiger partial charge in [-0.1, -0.05) is 18.2 Å². The van der Waals surface area contributed by atoms with E-state index in [1.54, 1.807) is 30.5 Å². The van der Waals surface area contributed by atoms with Crippen LogP contribution in [0.1, 0.15) is 18.3 Å². The van der Waals surface area contributed by atoms with Gasteiger partial charge in [0, 0.05) is 6.92 Å². The number of H-pyrrole nitrogens is 1. The summed E-state index contributed by atoms with van der Waals surface area (Å²) in [6.45, 7) is 1.58. The van der Waals surface area contributed by atoms with E-state index in [4.69, 9.17) is 21.7 Å². The molecule has 0 aliphatic carbocycles. The number of hydrogen-bond acceptors (Lipinski definition) is 6. The average Bonchev–Trinajstić information content (AvgIpc) is 2.99. The predicted octanol–water partition coefficient (Wildman–Crippen LogP) is 3.33. The van der Waals surface area contributed by atoms with E-state index in [0.717, 1.165) is 11.3 Å². The Morgan fingerprint density at radius 2 is 1.92 bits per heavy atom. The Balaban J connectivity index is 1.71. The molecule has 0 spiro atoms. The minimum atomic E-state index is -0.362. The van der Waals surface area contributed by atoms with Crippen LogP contribution in [0, 0.1) is 4.77 Å². The van der Waals surface area contributed by atoms with Crippen molar-refractivity contribution in [2.75, 3.05) is 0 Å².